The number of aromatic nitrogens is 1. The molecule has 6 heteroatoms. The first-order valence-electron chi connectivity index (χ1n) is 6.04. The summed E-state index contributed by atoms with van der Waals surface area (Å²) in [5, 5.41) is 11.8. The minimum Gasteiger partial charge on any atom is -0.461 e. The van der Waals surface area contributed by atoms with E-state index in [0.717, 1.165) is 5.56 Å². The number of esters is 1. The van der Waals surface area contributed by atoms with Gasteiger partial charge in [0.15, 0.2) is 5.69 Å². The maximum Gasteiger partial charge on any atom is 0.360 e. The van der Waals surface area contributed by atoms with Gasteiger partial charge in [-0.2, -0.15) is 10.2 Å². The summed E-state index contributed by atoms with van der Waals surface area (Å²) in [5.41, 5.74) is 2.25. The molecule has 1 heterocycles. The summed E-state index contributed by atoms with van der Waals surface area (Å²) in [6, 6.07) is 7.45. The SMILES string of the molecule is CCOC(=O)c1coc(Nc2cc(C#N)ccc2C)n1. The number of hydrogen-bond donors (Lipinski definition) is 1. The maximum absolute atomic E-state index is 11.5. The minimum absolute atomic E-state index is 0.100. The number of ether oxygens (including phenoxy) is 1. The first kappa shape index (κ1) is 13.6. The molecule has 1 aromatic heterocycles. The van der Waals surface area contributed by atoms with E-state index >= 15 is 0 Å². The first-order valence-corrected chi connectivity index (χ1v) is 6.04. The molecule has 0 aliphatic carbocycles. The van der Waals surface area contributed by atoms with Crippen molar-refractivity contribution in [2.75, 3.05) is 11.9 Å². The Morgan fingerprint density at radius 2 is 2.35 bits per heavy atom. The van der Waals surface area contributed by atoms with Crippen molar-refractivity contribution in [3.63, 3.8) is 0 Å². The Hall–Kier alpha value is -2.81. The van der Waals surface area contributed by atoms with Crippen LogP contribution in [0.3, 0.4) is 0 Å². The van der Waals surface area contributed by atoms with Gasteiger partial charge in [-0.3, -0.25) is 0 Å². The van der Waals surface area contributed by atoms with Crippen LogP contribution in [0.2, 0.25) is 0 Å². The number of nitriles is 1. The topological polar surface area (TPSA) is 88.1 Å². The zero-order valence-corrected chi connectivity index (χ0v) is 11.1. The quantitative estimate of drug-likeness (QED) is 0.860. The fourth-order valence-electron chi connectivity index (χ4n) is 1.57. The molecule has 0 amide bonds. The Balaban J connectivity index is 2.19. The Morgan fingerprint density at radius 1 is 1.55 bits per heavy atom. The van der Waals surface area contributed by atoms with Crippen LogP contribution < -0.4 is 5.32 Å². The lowest BCUT2D eigenvalue weighted by Crippen LogP contribution is -2.05. The number of aryl methyl sites for hydroxylation is 1. The van der Waals surface area contributed by atoms with Crippen molar-refractivity contribution in [2.24, 2.45) is 0 Å². The molecule has 0 saturated carbocycles. The van der Waals surface area contributed by atoms with Crippen molar-refractivity contribution in [2.45, 2.75) is 13.8 Å². The highest BCUT2D eigenvalue weighted by Crippen LogP contribution is 2.21. The fourth-order valence-corrected chi connectivity index (χ4v) is 1.57. The van der Waals surface area contributed by atoms with Gasteiger partial charge >= 0.3 is 5.97 Å². The van der Waals surface area contributed by atoms with Crippen molar-refractivity contribution in [3.05, 3.63) is 41.3 Å². The number of carbonyl (C=O) groups excluding carboxylic acids is 1. The lowest BCUT2D eigenvalue weighted by atomic mass is 10.1. The number of carbonyl (C=O) groups is 1. The van der Waals surface area contributed by atoms with Crippen molar-refractivity contribution < 1.29 is 13.9 Å². The summed E-state index contributed by atoms with van der Waals surface area (Å²) >= 11 is 0. The number of nitrogens with one attached hydrogen (secondary N) is 1. The largest absolute Gasteiger partial charge is 0.461 e. The fraction of sp³-hybridized carbons (Fsp3) is 0.214. The van der Waals surface area contributed by atoms with Crippen LogP contribution in [-0.4, -0.2) is 17.6 Å². The van der Waals surface area contributed by atoms with E-state index in [-0.39, 0.29) is 18.3 Å². The van der Waals surface area contributed by atoms with Crippen LogP contribution in [0.25, 0.3) is 0 Å². The third-order valence-electron chi connectivity index (χ3n) is 2.60. The van der Waals surface area contributed by atoms with Crippen LogP contribution in [0.4, 0.5) is 11.7 Å². The minimum atomic E-state index is -0.535. The summed E-state index contributed by atoms with van der Waals surface area (Å²) in [6.45, 7) is 3.88. The molecule has 0 fully saturated rings. The molecule has 6 nitrogen and oxygen atoms in total. The molecular formula is C14H13N3O3. The Bertz CT molecular complexity index is 671. The molecule has 0 bridgehead atoms. The highest BCUT2D eigenvalue weighted by molar-refractivity contribution is 5.87. The van der Waals surface area contributed by atoms with Crippen molar-refractivity contribution in [1.29, 1.82) is 5.26 Å². The summed E-state index contributed by atoms with van der Waals surface area (Å²) in [7, 11) is 0. The molecule has 0 unspecified atom stereocenters. The highest BCUT2D eigenvalue weighted by Gasteiger charge is 2.13. The smallest absolute Gasteiger partial charge is 0.360 e. The van der Waals surface area contributed by atoms with E-state index in [0.29, 0.717) is 11.3 Å². The molecule has 2 aromatic rings. The van der Waals surface area contributed by atoms with Gasteiger partial charge in [0, 0.05) is 5.69 Å². The van der Waals surface area contributed by atoms with Gasteiger partial charge in [0.05, 0.1) is 18.2 Å². The van der Waals surface area contributed by atoms with Crippen LogP contribution in [0.1, 0.15) is 28.5 Å². The number of benzene rings is 1. The lowest BCUT2D eigenvalue weighted by Gasteiger charge is -2.05. The van der Waals surface area contributed by atoms with Crippen molar-refractivity contribution >= 4 is 17.7 Å². The summed E-state index contributed by atoms with van der Waals surface area (Å²) in [4.78, 5) is 15.4. The molecule has 20 heavy (non-hydrogen) atoms. The van der Waals surface area contributed by atoms with Crippen LogP contribution >= 0.6 is 0 Å². The summed E-state index contributed by atoms with van der Waals surface area (Å²) in [5.74, 6) is -0.535. The molecule has 1 N–H and O–H groups in total. The second kappa shape index (κ2) is 5.89. The van der Waals surface area contributed by atoms with E-state index in [2.05, 4.69) is 16.4 Å². The molecule has 2 rings (SSSR count). The van der Waals surface area contributed by atoms with E-state index in [9.17, 15) is 4.79 Å². The van der Waals surface area contributed by atoms with Gasteiger partial charge in [0.2, 0.25) is 0 Å². The third-order valence-corrected chi connectivity index (χ3v) is 2.60. The number of nitrogens with zero attached hydrogens (tertiary/aromatic N) is 2. The zero-order valence-electron chi connectivity index (χ0n) is 11.1. The van der Waals surface area contributed by atoms with Gasteiger partial charge in [-0.15, -0.1) is 0 Å². The van der Waals surface area contributed by atoms with Crippen LogP contribution in [0, 0.1) is 18.3 Å². The molecule has 0 aliphatic heterocycles. The predicted octanol–water partition coefficient (Wildman–Crippen LogP) is 2.78. The van der Waals surface area contributed by atoms with E-state index in [1.807, 2.05) is 13.0 Å². The van der Waals surface area contributed by atoms with Gasteiger partial charge in [-0.25, -0.2) is 4.79 Å². The molecular weight excluding hydrogens is 258 g/mol. The van der Waals surface area contributed by atoms with E-state index in [4.69, 9.17) is 14.4 Å². The molecule has 0 saturated heterocycles. The molecule has 0 radical (unpaired) electrons. The number of oxazole rings is 1. The van der Waals surface area contributed by atoms with Gasteiger partial charge in [-0.05, 0) is 31.5 Å². The van der Waals surface area contributed by atoms with Crippen molar-refractivity contribution in [3.8, 4) is 6.07 Å². The molecule has 102 valence electrons. The predicted molar refractivity (Wildman–Crippen MR) is 71.6 cm³/mol. The normalized spacial score (nSPS) is 9.85. The Kier molecular flexibility index (Phi) is 4.01. The van der Waals surface area contributed by atoms with Gasteiger partial charge in [0.25, 0.3) is 6.01 Å². The average molecular weight is 271 g/mol. The van der Waals surface area contributed by atoms with Crippen LogP contribution in [0.5, 0.6) is 0 Å². The molecule has 1 aromatic carbocycles. The van der Waals surface area contributed by atoms with E-state index in [1.54, 1.807) is 19.1 Å². The van der Waals surface area contributed by atoms with Crippen LogP contribution in [-0.2, 0) is 4.74 Å². The van der Waals surface area contributed by atoms with Gasteiger partial charge in [-0.1, -0.05) is 6.07 Å². The monoisotopic (exact) mass is 271 g/mol. The van der Waals surface area contributed by atoms with Gasteiger partial charge in [0.1, 0.15) is 6.26 Å². The van der Waals surface area contributed by atoms with Crippen molar-refractivity contribution in [1.82, 2.24) is 4.98 Å². The lowest BCUT2D eigenvalue weighted by molar-refractivity contribution is 0.0519. The number of rotatable bonds is 4. The maximum atomic E-state index is 11.5. The molecule has 0 spiro atoms. The van der Waals surface area contributed by atoms with E-state index < -0.39 is 5.97 Å². The Labute approximate surface area is 116 Å². The Morgan fingerprint density at radius 3 is 3.05 bits per heavy atom. The zero-order chi connectivity index (χ0) is 14.5. The summed E-state index contributed by atoms with van der Waals surface area (Å²) in [6.07, 6.45) is 1.23. The first-order chi connectivity index (χ1) is 9.63. The standard InChI is InChI=1S/C14H13N3O3/c1-3-19-13(18)12-8-20-14(17-12)16-11-6-10(7-15)5-4-9(11)2/h4-6,8H,3H2,1-2H3,(H,16,17). The van der Waals surface area contributed by atoms with E-state index in [1.165, 1.54) is 6.26 Å². The highest BCUT2D eigenvalue weighted by atomic mass is 16.5. The van der Waals surface area contributed by atoms with Gasteiger partial charge < -0.3 is 14.5 Å². The number of anilines is 2. The molecule has 0 atom stereocenters. The molecule has 0 aliphatic rings. The third kappa shape index (κ3) is 2.95. The second-order valence-corrected chi connectivity index (χ2v) is 4.02. The second-order valence-electron chi connectivity index (χ2n) is 4.02. The summed E-state index contributed by atoms with van der Waals surface area (Å²) < 4.78 is 9.98. The number of hydrogen-bond acceptors (Lipinski definition) is 6. The van der Waals surface area contributed by atoms with Crippen LogP contribution in [0.15, 0.2) is 28.9 Å². The average Bonchev–Trinajstić information content (AvgIpc) is 2.90.